The van der Waals surface area contributed by atoms with E-state index in [0.29, 0.717) is 46.8 Å². The number of fused-ring (bicyclic) bond motifs is 1. The number of hydrogen-bond donors (Lipinski definition) is 2. The highest BCUT2D eigenvalue weighted by atomic mass is 35.5. The number of hydrogen-bond acceptors (Lipinski definition) is 9. The first-order chi connectivity index (χ1) is 26.8. The monoisotopic (exact) mass is 763 g/mol. The zero-order chi connectivity index (χ0) is 37.9. The molecule has 2 N–H and O–H groups in total. The maximum Gasteiger partial charge on any atom is 0.328 e. The summed E-state index contributed by atoms with van der Waals surface area (Å²) in [5.74, 6) is 1.88. The molecule has 5 heterocycles. The number of amides is 4. The van der Waals surface area contributed by atoms with Gasteiger partial charge in [-0.05, 0) is 93.7 Å². The van der Waals surface area contributed by atoms with E-state index >= 15 is 0 Å². The second-order valence-corrected chi connectivity index (χ2v) is 15.6. The van der Waals surface area contributed by atoms with Crippen molar-refractivity contribution in [3.8, 4) is 11.8 Å². The third-order valence-electron chi connectivity index (χ3n) is 11.7. The Morgan fingerprint density at radius 3 is 2.45 bits per heavy atom. The molecular weight excluding hydrogens is 718 g/mol. The number of nitrogens with zero attached hydrogens (tertiary/aromatic N) is 7. The summed E-state index contributed by atoms with van der Waals surface area (Å²) >= 11 is 6.15. The minimum atomic E-state index is -0.378. The van der Waals surface area contributed by atoms with Gasteiger partial charge in [0.1, 0.15) is 17.6 Å². The first kappa shape index (κ1) is 36.8. The molecule has 0 atom stereocenters. The lowest BCUT2D eigenvalue weighted by Crippen LogP contribution is -2.49. The number of anilines is 2. The van der Waals surface area contributed by atoms with Crippen LogP contribution in [0.4, 0.5) is 16.3 Å². The highest BCUT2D eigenvalue weighted by molar-refractivity contribution is 6.31. The van der Waals surface area contributed by atoms with Crippen molar-refractivity contribution < 1.29 is 19.1 Å². The molecule has 1 saturated carbocycles. The average Bonchev–Trinajstić information content (AvgIpc) is 3.64. The van der Waals surface area contributed by atoms with E-state index in [1.54, 1.807) is 29.3 Å². The molecule has 0 bridgehead atoms. The van der Waals surface area contributed by atoms with Gasteiger partial charge in [0.25, 0.3) is 5.91 Å². The summed E-state index contributed by atoms with van der Waals surface area (Å²) in [6.45, 7) is 5.41. The third kappa shape index (κ3) is 8.26. The van der Waals surface area contributed by atoms with E-state index in [2.05, 4.69) is 42.2 Å². The third-order valence-corrected chi connectivity index (χ3v) is 12.0. The first-order valence-electron chi connectivity index (χ1n) is 19.5. The average molecular weight is 764 g/mol. The summed E-state index contributed by atoms with van der Waals surface area (Å²) in [6, 6.07) is 17.0. The number of carbonyl (C=O) groups is 3. The summed E-state index contributed by atoms with van der Waals surface area (Å²) < 4.78 is 8.22. The Kier molecular flexibility index (Phi) is 10.9. The predicted octanol–water partition coefficient (Wildman–Crippen LogP) is 6.08. The molecule has 8 rings (SSSR count). The number of rotatable bonds is 9. The van der Waals surface area contributed by atoms with Crippen molar-refractivity contribution in [1.82, 2.24) is 30.3 Å². The number of ether oxygens (including phenoxy) is 1. The van der Waals surface area contributed by atoms with E-state index in [1.165, 1.54) is 0 Å². The molecule has 0 spiro atoms. The second kappa shape index (κ2) is 16.3. The summed E-state index contributed by atoms with van der Waals surface area (Å²) in [4.78, 5) is 48.5. The Morgan fingerprint density at radius 1 is 0.945 bits per heavy atom. The number of pyridine rings is 1. The number of nitriles is 1. The number of likely N-dealkylation sites (tertiary alicyclic amines) is 1. The number of benzene rings is 2. The molecule has 2 aromatic heterocycles. The van der Waals surface area contributed by atoms with Crippen LogP contribution in [0.5, 0.6) is 5.75 Å². The van der Waals surface area contributed by atoms with Gasteiger partial charge in [-0.3, -0.25) is 24.5 Å². The molecule has 55 heavy (non-hydrogen) atoms. The smallest absolute Gasteiger partial charge is 0.328 e. The summed E-state index contributed by atoms with van der Waals surface area (Å²) in [7, 11) is 0. The number of piperidine rings is 2. The minimum Gasteiger partial charge on any atom is -0.490 e. The molecule has 3 aliphatic heterocycles. The first-order valence-corrected chi connectivity index (χ1v) is 19.9. The van der Waals surface area contributed by atoms with Crippen molar-refractivity contribution in [2.45, 2.75) is 76.0 Å². The van der Waals surface area contributed by atoms with Crippen LogP contribution in [-0.2, 0) is 4.79 Å². The van der Waals surface area contributed by atoms with Gasteiger partial charge in [-0.2, -0.15) is 10.4 Å². The van der Waals surface area contributed by atoms with Gasteiger partial charge in [0.05, 0.1) is 45.7 Å². The zero-order valence-electron chi connectivity index (χ0n) is 30.8. The summed E-state index contributed by atoms with van der Waals surface area (Å²) in [5, 5.41) is 20.8. The van der Waals surface area contributed by atoms with Crippen molar-refractivity contribution in [3.63, 3.8) is 0 Å². The van der Waals surface area contributed by atoms with Crippen molar-refractivity contribution in [1.29, 1.82) is 5.26 Å². The van der Waals surface area contributed by atoms with E-state index in [9.17, 15) is 14.4 Å². The van der Waals surface area contributed by atoms with Crippen molar-refractivity contribution in [3.05, 3.63) is 77.1 Å². The molecule has 0 unspecified atom stereocenters. The second-order valence-electron chi connectivity index (χ2n) is 15.2. The lowest BCUT2D eigenvalue weighted by atomic mass is 9.92. The standard InChI is InChI=1S/C41H46ClN9O4/c42-35-22-33(8-4-28(35)23-43)55-32-9-6-30(7-10-32)46-40(53)29-5-11-38(44-24-29)49-19-12-27(13-20-49)26-48-17-14-31(15-18-48)51-37-3-1-2-36(34(37)25-45-51)50-21-16-39(52)47-41(50)54/h1-5,8,11,22,24-25,27,30-32H,6-7,9-10,12-21,26H2,(H,46,53)(H,47,52,54)/t30-,32-. The van der Waals surface area contributed by atoms with E-state index < -0.39 is 0 Å². The van der Waals surface area contributed by atoms with E-state index in [0.717, 1.165) is 106 Å². The molecule has 286 valence electrons. The predicted molar refractivity (Wildman–Crippen MR) is 209 cm³/mol. The minimum absolute atomic E-state index is 0.0484. The lowest BCUT2D eigenvalue weighted by molar-refractivity contribution is -0.120. The van der Waals surface area contributed by atoms with Gasteiger partial charge in [0, 0.05) is 69.4 Å². The topological polar surface area (TPSA) is 149 Å². The van der Waals surface area contributed by atoms with Gasteiger partial charge < -0.3 is 19.9 Å². The van der Waals surface area contributed by atoms with Crippen molar-refractivity contribution in [2.75, 3.05) is 49.1 Å². The molecule has 0 radical (unpaired) electrons. The maximum absolute atomic E-state index is 13.1. The van der Waals surface area contributed by atoms with Gasteiger partial charge >= 0.3 is 6.03 Å². The Hall–Kier alpha value is -5.19. The van der Waals surface area contributed by atoms with Gasteiger partial charge in [-0.1, -0.05) is 17.7 Å². The summed E-state index contributed by atoms with van der Waals surface area (Å²) in [5.41, 5.74) is 2.81. The van der Waals surface area contributed by atoms with E-state index in [4.69, 9.17) is 26.7 Å². The number of carbonyl (C=O) groups excluding carboxylic acids is 3. The molecule has 2 aromatic carbocycles. The van der Waals surface area contributed by atoms with Gasteiger partial charge in [0.2, 0.25) is 5.91 Å². The molecule has 1 aliphatic carbocycles. The fraction of sp³-hybridized carbons (Fsp3) is 0.463. The molecular formula is C41H46ClN9O4. The van der Waals surface area contributed by atoms with Gasteiger partial charge in [-0.15, -0.1) is 0 Å². The lowest BCUT2D eigenvalue weighted by Gasteiger charge is -2.38. The quantitative estimate of drug-likeness (QED) is 0.207. The number of halogens is 1. The van der Waals surface area contributed by atoms with Gasteiger partial charge in [-0.25, -0.2) is 9.78 Å². The fourth-order valence-electron chi connectivity index (χ4n) is 8.59. The normalized spacial score (nSPS) is 21.7. The number of aromatic nitrogens is 3. The summed E-state index contributed by atoms with van der Waals surface area (Å²) in [6.07, 6.45) is 11.5. The van der Waals surface area contributed by atoms with Crippen molar-refractivity contribution in [2.24, 2.45) is 5.92 Å². The van der Waals surface area contributed by atoms with Crippen LogP contribution < -0.4 is 25.2 Å². The van der Waals surface area contributed by atoms with E-state index in [1.807, 2.05) is 30.5 Å². The van der Waals surface area contributed by atoms with Crippen LogP contribution in [0.1, 0.15) is 79.8 Å². The number of nitrogens with one attached hydrogen (secondary N) is 2. The molecule has 4 amide bonds. The Labute approximate surface area is 325 Å². The molecule has 4 aromatic rings. The van der Waals surface area contributed by atoms with Crippen LogP contribution >= 0.6 is 11.6 Å². The van der Waals surface area contributed by atoms with Crippen LogP contribution in [0.25, 0.3) is 10.9 Å². The van der Waals surface area contributed by atoms with E-state index in [-0.39, 0.29) is 30.0 Å². The number of imide groups is 1. The highest BCUT2D eigenvalue weighted by Gasteiger charge is 2.30. The fourth-order valence-corrected chi connectivity index (χ4v) is 8.80. The molecule has 13 nitrogen and oxygen atoms in total. The van der Waals surface area contributed by atoms with Crippen LogP contribution in [0.3, 0.4) is 0 Å². The Balaban J connectivity index is 0.760. The van der Waals surface area contributed by atoms with Crippen LogP contribution in [0.2, 0.25) is 5.02 Å². The Bertz CT molecular complexity index is 2080. The van der Waals surface area contributed by atoms with Gasteiger partial charge in [0.15, 0.2) is 0 Å². The maximum atomic E-state index is 13.1. The van der Waals surface area contributed by atoms with Crippen molar-refractivity contribution >= 4 is 51.9 Å². The molecule has 3 saturated heterocycles. The Morgan fingerprint density at radius 2 is 1.75 bits per heavy atom. The molecule has 4 fully saturated rings. The largest absolute Gasteiger partial charge is 0.490 e. The SMILES string of the molecule is N#Cc1ccc(O[C@H]2CC[C@H](NC(=O)c3ccc(N4CCC(CN5CCC(n6ncc7c(N8CCC(=O)NC8=O)cccc76)CC5)CC4)nc3)CC2)cc1Cl. The van der Waals surface area contributed by atoms with Crippen LogP contribution in [0, 0.1) is 17.2 Å². The molecule has 14 heteroatoms. The van der Waals surface area contributed by atoms with Crippen LogP contribution in [0.15, 0.2) is 60.9 Å². The zero-order valence-corrected chi connectivity index (χ0v) is 31.6. The highest BCUT2D eigenvalue weighted by Crippen LogP contribution is 2.33. The van der Waals surface area contributed by atoms with Crippen LogP contribution in [-0.4, -0.2) is 88.9 Å². The number of urea groups is 1. The molecule has 4 aliphatic rings.